The number of carbonyl (C=O) groups excluding carboxylic acids is 3. The van der Waals surface area contributed by atoms with E-state index in [1.54, 1.807) is 14.0 Å². The van der Waals surface area contributed by atoms with Crippen LogP contribution < -0.4 is 0 Å². The van der Waals surface area contributed by atoms with Crippen molar-refractivity contribution in [3.63, 3.8) is 0 Å². The molecule has 2 heterocycles. The van der Waals surface area contributed by atoms with Gasteiger partial charge < -0.3 is 9.42 Å². The monoisotopic (exact) mass is 436 g/mol. The second-order valence-electron chi connectivity index (χ2n) is 7.46. The van der Waals surface area contributed by atoms with Crippen LogP contribution in [0, 0.1) is 18.8 Å². The Morgan fingerprint density at radius 2 is 2.00 bits per heavy atom. The summed E-state index contributed by atoms with van der Waals surface area (Å²) in [6, 6.07) is 3.80. The number of likely N-dealkylation sites (tertiary alicyclic amines) is 1. The number of sulfone groups is 1. The Labute approximate surface area is 171 Å². The number of hydrogen-bond donors (Lipinski definition) is 0. The average Bonchev–Trinajstić information content (AvgIpc) is 3.34. The standard InChI is InChI=1S/C19H17ClN2O6S/c1-8-6-12(28-21-8)14-13(29(3,26)27)5-4-9(16(14)20)17(23)15-18(24)10-7-11(10)22(2)19(15)25/h4-6,10-11,15H,7H2,1-3H3. The van der Waals surface area contributed by atoms with Gasteiger partial charge in [-0.1, -0.05) is 16.8 Å². The summed E-state index contributed by atoms with van der Waals surface area (Å²) in [4.78, 5) is 39.6. The summed E-state index contributed by atoms with van der Waals surface area (Å²) < 4.78 is 29.7. The molecule has 0 N–H and O–H groups in total. The van der Waals surface area contributed by atoms with Crippen molar-refractivity contribution < 1.29 is 27.3 Å². The number of fused-ring (bicyclic) bond motifs is 1. The third-order valence-electron chi connectivity index (χ3n) is 5.40. The highest BCUT2D eigenvalue weighted by atomic mass is 35.5. The third kappa shape index (κ3) is 3.08. The molecule has 2 aromatic rings. The third-order valence-corrected chi connectivity index (χ3v) is 6.94. The van der Waals surface area contributed by atoms with E-state index in [9.17, 15) is 22.8 Å². The Hall–Kier alpha value is -2.52. The van der Waals surface area contributed by atoms with E-state index in [2.05, 4.69) is 5.16 Å². The van der Waals surface area contributed by atoms with Gasteiger partial charge in [0.15, 0.2) is 33.1 Å². The van der Waals surface area contributed by atoms with E-state index in [0.717, 1.165) is 6.26 Å². The fraction of sp³-hybridized carbons (Fsp3) is 0.368. The van der Waals surface area contributed by atoms with Crippen molar-refractivity contribution in [1.29, 1.82) is 0 Å². The molecule has 3 unspecified atom stereocenters. The Morgan fingerprint density at radius 3 is 2.59 bits per heavy atom. The summed E-state index contributed by atoms with van der Waals surface area (Å²) in [6.07, 6.45) is 1.55. The van der Waals surface area contributed by atoms with Gasteiger partial charge in [0.2, 0.25) is 5.91 Å². The first-order chi connectivity index (χ1) is 13.5. The molecule has 3 atom stereocenters. The van der Waals surface area contributed by atoms with E-state index in [1.807, 2.05) is 0 Å². The molecule has 2 fully saturated rings. The molecule has 0 bridgehead atoms. The number of nitrogens with zero attached hydrogens (tertiary/aromatic N) is 2. The molecule has 1 amide bonds. The molecule has 1 aliphatic heterocycles. The normalized spacial score (nSPS) is 23.9. The van der Waals surface area contributed by atoms with Crippen molar-refractivity contribution in [1.82, 2.24) is 10.1 Å². The van der Waals surface area contributed by atoms with E-state index in [0.29, 0.717) is 12.1 Å². The van der Waals surface area contributed by atoms with Crippen molar-refractivity contribution in [2.24, 2.45) is 11.8 Å². The van der Waals surface area contributed by atoms with Crippen LogP contribution in [-0.4, -0.2) is 55.3 Å². The molecule has 10 heteroatoms. The molecule has 1 saturated heterocycles. The van der Waals surface area contributed by atoms with Crippen LogP contribution in [0.4, 0.5) is 0 Å². The second kappa shape index (κ2) is 6.50. The molecule has 1 aromatic carbocycles. The molecule has 29 heavy (non-hydrogen) atoms. The van der Waals surface area contributed by atoms with E-state index >= 15 is 0 Å². The number of rotatable bonds is 4. The van der Waals surface area contributed by atoms with Crippen molar-refractivity contribution in [3.05, 3.63) is 34.5 Å². The molecule has 152 valence electrons. The molecule has 1 aromatic heterocycles. The molecule has 8 nitrogen and oxygen atoms in total. The summed E-state index contributed by atoms with van der Waals surface area (Å²) in [5.74, 6) is -3.47. The van der Waals surface area contributed by atoms with Gasteiger partial charge in [0.05, 0.1) is 21.2 Å². The van der Waals surface area contributed by atoms with Gasteiger partial charge in [0, 0.05) is 36.9 Å². The van der Waals surface area contributed by atoms with E-state index < -0.39 is 33.2 Å². The van der Waals surface area contributed by atoms with Crippen molar-refractivity contribution in [2.45, 2.75) is 24.3 Å². The first-order valence-electron chi connectivity index (χ1n) is 8.83. The minimum Gasteiger partial charge on any atom is -0.356 e. The van der Waals surface area contributed by atoms with Crippen LogP contribution in [-0.2, 0) is 19.4 Å². The lowest BCUT2D eigenvalue weighted by atomic mass is 9.87. The highest BCUT2D eigenvalue weighted by Crippen LogP contribution is 2.44. The van der Waals surface area contributed by atoms with Crippen LogP contribution in [0.5, 0.6) is 0 Å². The minimum atomic E-state index is -3.72. The highest BCUT2D eigenvalue weighted by molar-refractivity contribution is 7.90. The molecule has 4 rings (SSSR count). The smallest absolute Gasteiger partial charge is 0.241 e. The summed E-state index contributed by atoms with van der Waals surface area (Å²) >= 11 is 6.45. The van der Waals surface area contributed by atoms with Gasteiger partial charge in [0.25, 0.3) is 0 Å². The lowest BCUT2D eigenvalue weighted by Crippen LogP contribution is -2.48. The Bertz CT molecular complexity index is 1190. The predicted molar refractivity (Wildman–Crippen MR) is 102 cm³/mol. The molecule has 1 aliphatic carbocycles. The van der Waals surface area contributed by atoms with Gasteiger partial charge >= 0.3 is 0 Å². The molecular formula is C19H17ClN2O6S. The number of aromatic nitrogens is 1. The maximum atomic E-state index is 13.2. The second-order valence-corrected chi connectivity index (χ2v) is 9.83. The lowest BCUT2D eigenvalue weighted by Gasteiger charge is -2.27. The Balaban J connectivity index is 1.86. The van der Waals surface area contributed by atoms with Gasteiger partial charge in [-0.15, -0.1) is 0 Å². The quantitative estimate of drug-likeness (QED) is 0.531. The summed E-state index contributed by atoms with van der Waals surface area (Å²) in [5, 5.41) is 3.54. The number of benzene rings is 1. The number of amides is 1. The maximum absolute atomic E-state index is 13.2. The predicted octanol–water partition coefficient (Wildman–Crippen LogP) is 1.94. The van der Waals surface area contributed by atoms with Crippen LogP contribution in [0.2, 0.25) is 5.02 Å². The van der Waals surface area contributed by atoms with Crippen LogP contribution >= 0.6 is 11.6 Å². The van der Waals surface area contributed by atoms with Gasteiger partial charge in [-0.05, 0) is 25.5 Å². The molecule has 2 aliphatic rings. The zero-order valence-corrected chi connectivity index (χ0v) is 17.4. The number of halogens is 1. The number of hydrogen-bond acceptors (Lipinski definition) is 7. The molecular weight excluding hydrogens is 420 g/mol. The van der Waals surface area contributed by atoms with E-state index in [4.69, 9.17) is 16.1 Å². The van der Waals surface area contributed by atoms with Crippen molar-refractivity contribution >= 4 is 38.9 Å². The summed E-state index contributed by atoms with van der Waals surface area (Å²) in [7, 11) is -2.15. The van der Waals surface area contributed by atoms with Gasteiger partial charge in [0.1, 0.15) is 0 Å². The number of aryl methyl sites for hydroxylation is 1. The Morgan fingerprint density at radius 1 is 1.31 bits per heavy atom. The van der Waals surface area contributed by atoms with Gasteiger partial charge in [-0.3, -0.25) is 14.4 Å². The minimum absolute atomic E-state index is 0.0195. The van der Waals surface area contributed by atoms with Crippen LogP contribution in [0.25, 0.3) is 11.3 Å². The lowest BCUT2D eigenvalue weighted by molar-refractivity contribution is -0.142. The molecule has 1 saturated carbocycles. The van der Waals surface area contributed by atoms with Gasteiger partial charge in [-0.2, -0.15) is 0 Å². The zero-order chi connectivity index (χ0) is 21.2. The van der Waals surface area contributed by atoms with Crippen molar-refractivity contribution in [3.8, 4) is 11.3 Å². The number of carbonyl (C=O) groups is 3. The SMILES string of the molecule is Cc1cc(-c2c(S(C)(=O)=O)ccc(C(=O)C3C(=O)C4CC4N(C)C3=O)c2Cl)on1. The van der Waals surface area contributed by atoms with Crippen LogP contribution in [0.15, 0.2) is 27.6 Å². The number of piperidine rings is 1. The molecule has 0 spiro atoms. The highest BCUT2D eigenvalue weighted by Gasteiger charge is 2.58. The first-order valence-corrected chi connectivity index (χ1v) is 11.1. The zero-order valence-electron chi connectivity index (χ0n) is 15.8. The van der Waals surface area contributed by atoms with Crippen LogP contribution in [0.1, 0.15) is 22.5 Å². The summed E-state index contributed by atoms with van der Waals surface area (Å²) in [5.41, 5.74) is 0.364. The van der Waals surface area contributed by atoms with Crippen LogP contribution in [0.3, 0.4) is 0 Å². The maximum Gasteiger partial charge on any atom is 0.241 e. The van der Waals surface area contributed by atoms with Gasteiger partial charge in [-0.25, -0.2) is 8.42 Å². The molecule has 0 radical (unpaired) electrons. The number of ketones is 2. The van der Waals surface area contributed by atoms with E-state index in [-0.39, 0.29) is 38.8 Å². The topological polar surface area (TPSA) is 115 Å². The fourth-order valence-corrected chi connectivity index (χ4v) is 5.08. The number of Topliss-reactive ketones (excluding diaryl/α,β-unsaturated/α-hetero) is 2. The van der Waals surface area contributed by atoms with Crippen molar-refractivity contribution in [2.75, 3.05) is 13.3 Å². The average molecular weight is 437 g/mol. The summed E-state index contributed by atoms with van der Waals surface area (Å²) in [6.45, 7) is 1.65. The van der Waals surface area contributed by atoms with E-state index in [1.165, 1.54) is 23.1 Å². The first kappa shape index (κ1) is 19.8. The Kier molecular flexibility index (Phi) is 4.43. The largest absolute Gasteiger partial charge is 0.356 e. The fourth-order valence-electron chi connectivity index (χ4n) is 3.78.